The second-order valence-corrected chi connectivity index (χ2v) is 10.8. The molecule has 10 nitrogen and oxygen atoms in total. The Hall–Kier alpha value is -2.92. The highest BCUT2D eigenvalue weighted by molar-refractivity contribution is 7.92. The molecule has 0 unspecified atom stereocenters. The van der Waals surface area contributed by atoms with Gasteiger partial charge in [-0.2, -0.15) is 4.98 Å². The third kappa shape index (κ3) is 5.42. The van der Waals surface area contributed by atoms with E-state index in [4.69, 9.17) is 5.73 Å². The lowest BCUT2D eigenvalue weighted by Crippen LogP contribution is -2.44. The van der Waals surface area contributed by atoms with Crippen LogP contribution in [-0.2, 0) is 9.84 Å². The topological polar surface area (TPSA) is 150 Å². The molecular formula is C20H30N6O4S. The molecule has 2 aromatic rings. The van der Waals surface area contributed by atoms with Gasteiger partial charge in [-0.3, -0.25) is 14.6 Å². The summed E-state index contributed by atoms with van der Waals surface area (Å²) >= 11 is 0. The van der Waals surface area contributed by atoms with Crippen LogP contribution in [0.2, 0.25) is 0 Å². The van der Waals surface area contributed by atoms with E-state index in [9.17, 15) is 18.0 Å². The van der Waals surface area contributed by atoms with Crippen LogP contribution in [0.1, 0.15) is 38.1 Å². The van der Waals surface area contributed by atoms with Crippen LogP contribution in [-0.4, -0.2) is 60.6 Å². The Kier molecular flexibility index (Phi) is 7.12. The third-order valence-corrected chi connectivity index (χ3v) is 7.34. The number of rotatable bonds is 9. The number of amides is 1. The van der Waals surface area contributed by atoms with Crippen molar-refractivity contribution >= 4 is 33.2 Å². The van der Waals surface area contributed by atoms with E-state index in [1.807, 2.05) is 32.8 Å². The average Bonchev–Trinajstić information content (AvgIpc) is 2.66. The van der Waals surface area contributed by atoms with E-state index >= 15 is 0 Å². The maximum absolute atomic E-state index is 12.7. The molecule has 0 atom stereocenters. The molecule has 0 saturated heterocycles. The van der Waals surface area contributed by atoms with Crippen LogP contribution in [0.25, 0.3) is 0 Å². The standard InChI is InChI=1S/C20H30N6O4S/c1-12(2)31(29,30)14-10-8-7-9-13(14)23-17-15(16(21)27)18(28)25-19(24-17)22-11-20(3,4)26(5)6/h7-10,12H,11H2,1-6H3,(H2,21,27)(H3,22,23,24,25,28). The number of primary amides is 1. The molecule has 0 spiro atoms. The van der Waals surface area contributed by atoms with Gasteiger partial charge in [0.25, 0.3) is 11.5 Å². The van der Waals surface area contributed by atoms with Crippen molar-refractivity contribution in [2.45, 2.75) is 43.4 Å². The first-order valence-electron chi connectivity index (χ1n) is 9.72. The van der Waals surface area contributed by atoms with Gasteiger partial charge in [0, 0.05) is 12.1 Å². The Balaban J connectivity index is 2.53. The maximum Gasteiger partial charge on any atom is 0.267 e. The Bertz CT molecular complexity index is 1120. The summed E-state index contributed by atoms with van der Waals surface area (Å²) in [7, 11) is 0.214. The van der Waals surface area contributed by atoms with Crippen LogP contribution in [0.4, 0.5) is 17.5 Å². The van der Waals surface area contributed by atoms with E-state index in [1.54, 1.807) is 26.0 Å². The number of nitrogens with one attached hydrogen (secondary N) is 3. The predicted octanol–water partition coefficient (Wildman–Crippen LogP) is 1.55. The number of H-pyrrole nitrogens is 1. The van der Waals surface area contributed by atoms with Gasteiger partial charge in [-0.25, -0.2) is 8.42 Å². The van der Waals surface area contributed by atoms with E-state index in [0.717, 1.165) is 0 Å². The minimum absolute atomic E-state index is 0.0331. The van der Waals surface area contributed by atoms with Crippen molar-refractivity contribution in [3.05, 3.63) is 40.2 Å². The van der Waals surface area contributed by atoms with Gasteiger partial charge < -0.3 is 21.3 Å². The monoisotopic (exact) mass is 450 g/mol. The number of para-hydroxylation sites is 1. The van der Waals surface area contributed by atoms with Crippen LogP contribution in [0.3, 0.4) is 0 Å². The lowest BCUT2D eigenvalue weighted by Gasteiger charge is -2.32. The van der Waals surface area contributed by atoms with Gasteiger partial charge in [0.2, 0.25) is 5.95 Å². The first kappa shape index (κ1) is 24.4. The summed E-state index contributed by atoms with van der Waals surface area (Å²) in [5.41, 5.74) is 4.19. The van der Waals surface area contributed by atoms with Crippen molar-refractivity contribution < 1.29 is 13.2 Å². The van der Waals surface area contributed by atoms with Crippen LogP contribution >= 0.6 is 0 Å². The van der Waals surface area contributed by atoms with Crippen LogP contribution in [0.5, 0.6) is 0 Å². The molecule has 0 aliphatic heterocycles. The van der Waals surface area contributed by atoms with E-state index in [2.05, 4.69) is 20.6 Å². The maximum atomic E-state index is 12.7. The molecule has 0 radical (unpaired) electrons. The summed E-state index contributed by atoms with van der Waals surface area (Å²) in [5.74, 6) is -0.995. The molecule has 2 rings (SSSR count). The first-order chi connectivity index (χ1) is 14.3. The minimum atomic E-state index is -3.63. The number of carbonyl (C=O) groups is 1. The molecule has 0 aliphatic rings. The number of anilines is 3. The number of hydrogen-bond acceptors (Lipinski definition) is 8. The predicted molar refractivity (Wildman–Crippen MR) is 122 cm³/mol. The number of hydrogen-bond donors (Lipinski definition) is 4. The summed E-state index contributed by atoms with van der Waals surface area (Å²) in [6, 6.07) is 6.22. The largest absolute Gasteiger partial charge is 0.365 e. The van der Waals surface area contributed by atoms with Crippen molar-refractivity contribution in [2.24, 2.45) is 5.73 Å². The number of aromatic nitrogens is 2. The van der Waals surface area contributed by atoms with Crippen molar-refractivity contribution in [3.63, 3.8) is 0 Å². The summed E-state index contributed by atoms with van der Waals surface area (Å²) in [6.07, 6.45) is 0. The Morgan fingerprint density at radius 3 is 2.42 bits per heavy atom. The Labute approximate surface area is 182 Å². The van der Waals surface area contributed by atoms with E-state index < -0.39 is 32.1 Å². The third-order valence-electron chi connectivity index (χ3n) is 5.13. The normalized spacial score (nSPS) is 12.3. The van der Waals surface area contributed by atoms with Crippen molar-refractivity contribution in [1.29, 1.82) is 0 Å². The number of nitrogens with two attached hydrogens (primary N) is 1. The van der Waals surface area contributed by atoms with Gasteiger partial charge in [0.15, 0.2) is 15.7 Å². The van der Waals surface area contributed by atoms with Crippen molar-refractivity contribution in [2.75, 3.05) is 31.3 Å². The second-order valence-electron chi connectivity index (χ2n) is 8.28. The van der Waals surface area contributed by atoms with Gasteiger partial charge >= 0.3 is 0 Å². The zero-order chi connectivity index (χ0) is 23.6. The number of likely N-dealkylation sites (N-methyl/N-ethyl adjacent to an activating group) is 1. The van der Waals surface area contributed by atoms with Gasteiger partial charge in [-0.1, -0.05) is 12.1 Å². The van der Waals surface area contributed by atoms with E-state index in [0.29, 0.717) is 6.54 Å². The number of nitrogens with zero attached hydrogens (tertiary/aromatic N) is 2. The molecule has 1 amide bonds. The quantitative estimate of drug-likeness (QED) is 0.449. The number of carbonyl (C=O) groups excluding carboxylic acids is 1. The molecule has 170 valence electrons. The van der Waals surface area contributed by atoms with Gasteiger partial charge in [0.05, 0.1) is 15.8 Å². The Morgan fingerprint density at radius 1 is 1.26 bits per heavy atom. The Morgan fingerprint density at radius 2 is 1.87 bits per heavy atom. The molecule has 1 aromatic heterocycles. The highest BCUT2D eigenvalue weighted by atomic mass is 32.2. The molecule has 0 bridgehead atoms. The second kappa shape index (κ2) is 9.06. The smallest absolute Gasteiger partial charge is 0.267 e. The van der Waals surface area contributed by atoms with Gasteiger partial charge in [-0.05, 0) is 53.9 Å². The summed E-state index contributed by atoms with van der Waals surface area (Å²) < 4.78 is 25.5. The minimum Gasteiger partial charge on any atom is -0.365 e. The fourth-order valence-electron chi connectivity index (χ4n) is 2.53. The SMILES string of the molecule is CC(C)S(=O)(=O)c1ccccc1Nc1nc(NCC(C)(C)N(C)C)[nH]c(=O)c1C(N)=O. The first-order valence-corrected chi connectivity index (χ1v) is 11.3. The highest BCUT2D eigenvalue weighted by Crippen LogP contribution is 2.28. The van der Waals surface area contributed by atoms with E-state index in [1.165, 1.54) is 12.1 Å². The average molecular weight is 451 g/mol. The van der Waals surface area contributed by atoms with Crippen molar-refractivity contribution in [3.8, 4) is 0 Å². The number of aromatic amines is 1. The molecule has 0 saturated carbocycles. The zero-order valence-corrected chi connectivity index (χ0v) is 19.4. The summed E-state index contributed by atoms with van der Waals surface area (Å²) in [4.78, 5) is 33.3. The zero-order valence-electron chi connectivity index (χ0n) is 18.6. The van der Waals surface area contributed by atoms with Crippen molar-refractivity contribution in [1.82, 2.24) is 14.9 Å². The molecule has 0 aliphatic carbocycles. The lowest BCUT2D eigenvalue weighted by atomic mass is 10.1. The molecular weight excluding hydrogens is 420 g/mol. The lowest BCUT2D eigenvalue weighted by molar-refractivity contribution is 0.0999. The number of benzene rings is 1. The molecule has 0 fully saturated rings. The molecule has 5 N–H and O–H groups in total. The molecule has 11 heteroatoms. The van der Waals surface area contributed by atoms with Crippen LogP contribution in [0.15, 0.2) is 34.0 Å². The van der Waals surface area contributed by atoms with E-state index in [-0.39, 0.29) is 27.9 Å². The number of sulfone groups is 1. The summed E-state index contributed by atoms with van der Waals surface area (Å²) in [5, 5.41) is 5.20. The van der Waals surface area contributed by atoms with Crippen LogP contribution < -0.4 is 21.9 Å². The molecule has 31 heavy (non-hydrogen) atoms. The highest BCUT2D eigenvalue weighted by Gasteiger charge is 2.25. The van der Waals surface area contributed by atoms with Crippen LogP contribution in [0, 0.1) is 0 Å². The molecule has 1 aromatic carbocycles. The summed E-state index contributed by atoms with van der Waals surface area (Å²) in [6.45, 7) is 7.59. The van der Waals surface area contributed by atoms with Gasteiger partial charge in [0.1, 0.15) is 5.56 Å². The fourth-order valence-corrected chi connectivity index (χ4v) is 3.74. The van der Waals surface area contributed by atoms with Gasteiger partial charge in [-0.15, -0.1) is 0 Å². The fraction of sp³-hybridized carbons (Fsp3) is 0.450. The molecule has 1 heterocycles.